The molecule has 1 aromatic carbocycles. The SMILES string of the molecule is O=C1C2C3C=CC(C3)C2C(=O)N1CC(O)CN1CCN(c2cccc(Cl)c2)CC1. The third-order valence-electron chi connectivity index (χ3n) is 6.97. The lowest BCUT2D eigenvalue weighted by Gasteiger charge is -2.37. The van der Waals surface area contributed by atoms with Crippen LogP contribution in [-0.2, 0) is 9.59 Å². The minimum Gasteiger partial charge on any atom is -0.390 e. The molecule has 1 saturated carbocycles. The minimum atomic E-state index is -0.718. The second-order valence-electron chi connectivity index (χ2n) is 8.71. The van der Waals surface area contributed by atoms with Crippen LogP contribution < -0.4 is 4.90 Å². The number of amides is 2. The molecule has 1 N–H and O–H groups in total. The Bertz CT molecular complexity index is 821. The van der Waals surface area contributed by atoms with E-state index in [1.54, 1.807) is 0 Å². The van der Waals surface area contributed by atoms with Gasteiger partial charge in [0.15, 0.2) is 0 Å². The molecule has 0 spiro atoms. The highest BCUT2D eigenvalue weighted by Gasteiger charge is 2.59. The van der Waals surface area contributed by atoms with Crippen molar-refractivity contribution >= 4 is 29.1 Å². The summed E-state index contributed by atoms with van der Waals surface area (Å²) in [4.78, 5) is 31.4. The molecule has 0 radical (unpaired) electrons. The van der Waals surface area contributed by atoms with Crippen molar-refractivity contribution in [2.24, 2.45) is 23.7 Å². The molecule has 3 fully saturated rings. The zero-order valence-corrected chi connectivity index (χ0v) is 17.0. The third-order valence-corrected chi connectivity index (χ3v) is 7.20. The van der Waals surface area contributed by atoms with Gasteiger partial charge in [0.05, 0.1) is 24.5 Å². The molecule has 154 valence electrons. The van der Waals surface area contributed by atoms with Crippen molar-refractivity contribution in [3.8, 4) is 0 Å². The van der Waals surface area contributed by atoms with Crippen LogP contribution in [0.1, 0.15) is 6.42 Å². The number of carbonyl (C=O) groups excluding carboxylic acids is 2. The van der Waals surface area contributed by atoms with Crippen molar-refractivity contribution in [1.29, 1.82) is 0 Å². The molecule has 29 heavy (non-hydrogen) atoms. The third kappa shape index (κ3) is 3.37. The molecular weight excluding hydrogens is 390 g/mol. The number of aliphatic hydroxyl groups is 1. The summed E-state index contributed by atoms with van der Waals surface area (Å²) in [6.45, 7) is 3.94. The van der Waals surface area contributed by atoms with Crippen molar-refractivity contribution in [2.45, 2.75) is 12.5 Å². The van der Waals surface area contributed by atoms with Gasteiger partial charge in [-0.15, -0.1) is 0 Å². The maximum atomic E-state index is 12.8. The summed E-state index contributed by atoms with van der Waals surface area (Å²) < 4.78 is 0. The zero-order chi connectivity index (χ0) is 20.1. The second kappa shape index (κ2) is 7.42. The summed E-state index contributed by atoms with van der Waals surface area (Å²) >= 11 is 6.09. The maximum Gasteiger partial charge on any atom is 0.233 e. The normalized spacial score (nSPS) is 32.3. The molecule has 5 rings (SSSR count). The van der Waals surface area contributed by atoms with E-state index in [9.17, 15) is 14.7 Å². The number of anilines is 1. The summed E-state index contributed by atoms with van der Waals surface area (Å²) in [6, 6.07) is 7.85. The van der Waals surface area contributed by atoms with Gasteiger partial charge in [0, 0.05) is 43.4 Å². The van der Waals surface area contributed by atoms with Gasteiger partial charge in [0.25, 0.3) is 0 Å². The summed E-state index contributed by atoms with van der Waals surface area (Å²) in [5, 5.41) is 11.3. The molecule has 0 aromatic heterocycles. The number of allylic oxidation sites excluding steroid dienone is 2. The molecule has 2 aliphatic carbocycles. The lowest BCUT2D eigenvalue weighted by molar-refractivity contribution is -0.142. The van der Waals surface area contributed by atoms with Crippen LogP contribution in [0, 0.1) is 23.7 Å². The number of piperazine rings is 1. The molecule has 5 atom stereocenters. The molecule has 6 nitrogen and oxygen atoms in total. The number of rotatable bonds is 5. The molecule has 2 saturated heterocycles. The number of aliphatic hydroxyl groups excluding tert-OH is 1. The molecule has 2 amide bonds. The number of benzene rings is 1. The molecule has 5 unspecified atom stereocenters. The number of halogens is 1. The fourth-order valence-electron chi connectivity index (χ4n) is 5.57. The highest BCUT2D eigenvalue weighted by atomic mass is 35.5. The first-order valence-corrected chi connectivity index (χ1v) is 10.8. The number of nitrogens with zero attached hydrogens (tertiary/aromatic N) is 3. The number of β-amino-alcohol motifs (C(OH)–C–C–N with tert-alkyl or cyclic N) is 1. The lowest BCUT2D eigenvalue weighted by Crippen LogP contribution is -2.50. The quantitative estimate of drug-likeness (QED) is 0.585. The summed E-state index contributed by atoms with van der Waals surface area (Å²) in [7, 11) is 0. The predicted octanol–water partition coefficient (Wildman–Crippen LogP) is 1.63. The minimum absolute atomic E-state index is 0.0818. The van der Waals surface area contributed by atoms with Crippen molar-refractivity contribution < 1.29 is 14.7 Å². The predicted molar refractivity (Wildman–Crippen MR) is 111 cm³/mol. The van der Waals surface area contributed by atoms with Gasteiger partial charge in [-0.1, -0.05) is 29.8 Å². The van der Waals surface area contributed by atoms with E-state index in [0.29, 0.717) is 6.54 Å². The Morgan fingerprint density at radius 1 is 1.00 bits per heavy atom. The van der Waals surface area contributed by atoms with E-state index in [0.717, 1.165) is 43.3 Å². The first-order valence-electron chi connectivity index (χ1n) is 10.5. The Hall–Kier alpha value is -1.89. The van der Waals surface area contributed by atoms with Gasteiger partial charge in [0.1, 0.15) is 0 Å². The summed E-state index contributed by atoms with van der Waals surface area (Å²) in [5.41, 5.74) is 1.11. The van der Waals surface area contributed by atoms with Crippen molar-refractivity contribution in [1.82, 2.24) is 9.80 Å². The number of imide groups is 1. The number of carbonyl (C=O) groups is 2. The van der Waals surface area contributed by atoms with Gasteiger partial charge in [0.2, 0.25) is 11.8 Å². The van der Waals surface area contributed by atoms with Gasteiger partial charge in [-0.3, -0.25) is 19.4 Å². The summed E-state index contributed by atoms with van der Waals surface area (Å²) in [6.07, 6.45) is 4.40. The van der Waals surface area contributed by atoms with Crippen LogP contribution in [0.2, 0.25) is 5.02 Å². The van der Waals surface area contributed by atoms with Gasteiger partial charge in [-0.2, -0.15) is 0 Å². The van der Waals surface area contributed by atoms with E-state index in [2.05, 4.69) is 28.0 Å². The van der Waals surface area contributed by atoms with E-state index in [1.165, 1.54) is 4.90 Å². The molecule has 2 bridgehead atoms. The highest BCUT2D eigenvalue weighted by molar-refractivity contribution is 6.30. The first-order chi connectivity index (χ1) is 14.0. The fraction of sp³-hybridized carbons (Fsp3) is 0.545. The zero-order valence-electron chi connectivity index (χ0n) is 16.3. The Morgan fingerprint density at radius 2 is 1.66 bits per heavy atom. The monoisotopic (exact) mass is 415 g/mol. The first kappa shape index (κ1) is 19.1. The molecule has 4 aliphatic rings. The largest absolute Gasteiger partial charge is 0.390 e. The number of likely N-dealkylation sites (tertiary alicyclic amines) is 1. The fourth-order valence-corrected chi connectivity index (χ4v) is 5.76. The van der Waals surface area contributed by atoms with E-state index in [4.69, 9.17) is 11.6 Å². The van der Waals surface area contributed by atoms with Gasteiger partial charge < -0.3 is 10.0 Å². The van der Waals surface area contributed by atoms with Crippen molar-refractivity contribution in [2.75, 3.05) is 44.2 Å². The van der Waals surface area contributed by atoms with E-state index in [1.807, 2.05) is 18.2 Å². The molecular formula is C22H26ClN3O3. The Labute approximate surface area is 175 Å². The average Bonchev–Trinajstić information content (AvgIpc) is 3.39. The highest BCUT2D eigenvalue weighted by Crippen LogP contribution is 2.52. The van der Waals surface area contributed by atoms with Gasteiger partial charge >= 0.3 is 0 Å². The van der Waals surface area contributed by atoms with Gasteiger partial charge in [-0.05, 0) is 36.5 Å². The van der Waals surface area contributed by atoms with E-state index in [-0.39, 0.29) is 42.0 Å². The summed E-state index contributed by atoms with van der Waals surface area (Å²) in [5.74, 6) is -0.119. The Kier molecular flexibility index (Phi) is 4.88. The van der Waals surface area contributed by atoms with E-state index < -0.39 is 6.10 Å². The Balaban J connectivity index is 1.14. The number of hydrogen-bond donors (Lipinski definition) is 1. The van der Waals surface area contributed by atoms with Crippen LogP contribution in [0.4, 0.5) is 5.69 Å². The topological polar surface area (TPSA) is 64.1 Å². The maximum absolute atomic E-state index is 12.8. The molecule has 1 aromatic rings. The van der Waals surface area contributed by atoms with Crippen LogP contribution >= 0.6 is 11.6 Å². The van der Waals surface area contributed by atoms with Crippen LogP contribution in [0.5, 0.6) is 0 Å². The molecule has 2 heterocycles. The number of hydrogen-bond acceptors (Lipinski definition) is 5. The number of fused-ring (bicyclic) bond motifs is 5. The standard InChI is InChI=1S/C22H26ClN3O3/c23-16-2-1-3-17(11-16)25-8-6-24(7-9-25)12-18(27)13-26-21(28)19-14-4-5-15(10-14)20(19)22(26)29/h1-5,11,14-15,18-20,27H,6-10,12-13H2. The van der Waals surface area contributed by atoms with Gasteiger partial charge in [-0.25, -0.2) is 0 Å². The second-order valence-corrected chi connectivity index (χ2v) is 9.14. The molecule has 2 aliphatic heterocycles. The van der Waals surface area contributed by atoms with Crippen LogP contribution in [0.25, 0.3) is 0 Å². The van der Waals surface area contributed by atoms with Crippen LogP contribution in [0.3, 0.4) is 0 Å². The molecule has 7 heteroatoms. The Morgan fingerprint density at radius 3 is 2.28 bits per heavy atom. The van der Waals surface area contributed by atoms with E-state index >= 15 is 0 Å². The smallest absolute Gasteiger partial charge is 0.233 e. The van der Waals surface area contributed by atoms with Crippen molar-refractivity contribution in [3.05, 3.63) is 41.4 Å². The lowest BCUT2D eigenvalue weighted by atomic mass is 9.85. The van der Waals surface area contributed by atoms with Crippen molar-refractivity contribution in [3.63, 3.8) is 0 Å². The average molecular weight is 416 g/mol. The van der Waals surface area contributed by atoms with Crippen LogP contribution in [0.15, 0.2) is 36.4 Å². The van der Waals surface area contributed by atoms with Crippen LogP contribution in [-0.4, -0.2) is 72.1 Å².